The number of benzene rings is 1. The Balaban J connectivity index is 1.89. The number of carbonyl (C=O) groups excluding carboxylic acids is 1. The standard InChI is InChI=1S/C18H28N2O3S/c1-4-15-6-8-16(9-7-15)14(3)19-18(21)17-10-12-20(13-11-17)24(22,23)5-2/h6-9,14,17H,4-5,10-13H2,1-3H3,(H,19,21)/t14-/m1/s1. The number of nitrogens with zero attached hydrogens (tertiary/aromatic N) is 1. The SMILES string of the molecule is CCc1ccc([C@@H](C)NC(=O)C2CCN(S(=O)(=O)CC)CC2)cc1. The highest BCUT2D eigenvalue weighted by molar-refractivity contribution is 7.89. The molecule has 1 N–H and O–H groups in total. The van der Waals surface area contributed by atoms with Crippen LogP contribution in [-0.4, -0.2) is 37.5 Å². The number of amides is 1. The number of nitrogens with one attached hydrogen (secondary N) is 1. The molecule has 1 heterocycles. The van der Waals surface area contributed by atoms with E-state index in [1.165, 1.54) is 9.87 Å². The van der Waals surface area contributed by atoms with Gasteiger partial charge in [0.1, 0.15) is 0 Å². The fourth-order valence-electron chi connectivity index (χ4n) is 3.04. The van der Waals surface area contributed by atoms with Crippen molar-refractivity contribution in [2.45, 2.75) is 46.1 Å². The van der Waals surface area contributed by atoms with Crippen LogP contribution in [0, 0.1) is 5.92 Å². The van der Waals surface area contributed by atoms with Crippen molar-refractivity contribution in [3.05, 3.63) is 35.4 Å². The average Bonchev–Trinajstić information content (AvgIpc) is 2.61. The van der Waals surface area contributed by atoms with Crippen LogP contribution < -0.4 is 5.32 Å². The molecule has 0 saturated carbocycles. The Morgan fingerprint density at radius 2 is 1.79 bits per heavy atom. The van der Waals surface area contributed by atoms with Gasteiger partial charge in [0.15, 0.2) is 0 Å². The molecule has 0 radical (unpaired) electrons. The number of hydrogen-bond acceptors (Lipinski definition) is 3. The number of aryl methyl sites for hydroxylation is 1. The van der Waals surface area contributed by atoms with E-state index in [4.69, 9.17) is 0 Å². The zero-order valence-corrected chi connectivity index (χ0v) is 15.6. The number of hydrogen-bond donors (Lipinski definition) is 1. The Bertz CT molecular complexity index is 647. The van der Waals surface area contributed by atoms with Crippen LogP contribution in [0.15, 0.2) is 24.3 Å². The van der Waals surface area contributed by atoms with Gasteiger partial charge in [-0.05, 0) is 44.2 Å². The highest BCUT2D eigenvalue weighted by Gasteiger charge is 2.30. The number of piperidine rings is 1. The Morgan fingerprint density at radius 1 is 1.21 bits per heavy atom. The molecule has 0 bridgehead atoms. The maximum atomic E-state index is 12.5. The minimum absolute atomic E-state index is 0.0237. The van der Waals surface area contributed by atoms with Crippen LogP contribution in [0.5, 0.6) is 0 Å². The maximum Gasteiger partial charge on any atom is 0.223 e. The second-order valence-electron chi connectivity index (χ2n) is 6.40. The molecule has 1 saturated heterocycles. The zero-order valence-electron chi connectivity index (χ0n) is 14.8. The monoisotopic (exact) mass is 352 g/mol. The van der Waals surface area contributed by atoms with E-state index >= 15 is 0 Å². The van der Waals surface area contributed by atoms with Crippen molar-refractivity contribution in [3.8, 4) is 0 Å². The van der Waals surface area contributed by atoms with E-state index in [1.807, 2.05) is 6.92 Å². The van der Waals surface area contributed by atoms with Gasteiger partial charge in [0.25, 0.3) is 0 Å². The summed E-state index contributed by atoms with van der Waals surface area (Å²) in [6.45, 7) is 6.63. The molecule has 1 atom stereocenters. The third-order valence-corrected chi connectivity index (χ3v) is 6.71. The van der Waals surface area contributed by atoms with Crippen LogP contribution in [-0.2, 0) is 21.2 Å². The van der Waals surface area contributed by atoms with Crippen molar-refractivity contribution >= 4 is 15.9 Å². The third kappa shape index (κ3) is 4.57. The summed E-state index contributed by atoms with van der Waals surface area (Å²) in [5.41, 5.74) is 2.37. The van der Waals surface area contributed by atoms with Crippen LogP contribution in [0.25, 0.3) is 0 Å². The molecule has 1 aliphatic heterocycles. The van der Waals surface area contributed by atoms with Gasteiger partial charge in [0, 0.05) is 19.0 Å². The fourth-order valence-corrected chi connectivity index (χ4v) is 4.17. The first-order chi connectivity index (χ1) is 11.4. The summed E-state index contributed by atoms with van der Waals surface area (Å²) < 4.78 is 25.2. The topological polar surface area (TPSA) is 66.5 Å². The van der Waals surface area contributed by atoms with Gasteiger partial charge in [-0.1, -0.05) is 31.2 Å². The summed E-state index contributed by atoms with van der Waals surface area (Å²) >= 11 is 0. The highest BCUT2D eigenvalue weighted by Crippen LogP contribution is 2.22. The number of carbonyl (C=O) groups is 1. The normalized spacial score (nSPS) is 18.3. The van der Waals surface area contributed by atoms with Crippen molar-refractivity contribution in [2.75, 3.05) is 18.8 Å². The molecular formula is C18H28N2O3S. The largest absolute Gasteiger partial charge is 0.349 e. The zero-order chi connectivity index (χ0) is 17.7. The van der Waals surface area contributed by atoms with Crippen molar-refractivity contribution in [1.29, 1.82) is 0 Å². The predicted molar refractivity (Wildman–Crippen MR) is 96.1 cm³/mol. The molecule has 24 heavy (non-hydrogen) atoms. The molecule has 2 rings (SSSR count). The summed E-state index contributed by atoms with van der Waals surface area (Å²) in [7, 11) is -3.14. The summed E-state index contributed by atoms with van der Waals surface area (Å²) in [4.78, 5) is 12.5. The number of sulfonamides is 1. The lowest BCUT2D eigenvalue weighted by atomic mass is 9.96. The molecular weight excluding hydrogens is 324 g/mol. The molecule has 1 amide bonds. The van der Waals surface area contributed by atoms with E-state index in [2.05, 4.69) is 36.5 Å². The van der Waals surface area contributed by atoms with Gasteiger partial charge in [-0.15, -0.1) is 0 Å². The summed E-state index contributed by atoms with van der Waals surface area (Å²) in [6, 6.07) is 8.25. The van der Waals surface area contributed by atoms with E-state index in [9.17, 15) is 13.2 Å². The second kappa shape index (κ2) is 8.12. The Hall–Kier alpha value is -1.40. The molecule has 1 aromatic rings. The summed E-state index contributed by atoms with van der Waals surface area (Å²) in [5.74, 6) is 0.0376. The first-order valence-electron chi connectivity index (χ1n) is 8.74. The van der Waals surface area contributed by atoms with E-state index in [1.54, 1.807) is 6.92 Å². The highest BCUT2D eigenvalue weighted by atomic mass is 32.2. The van der Waals surface area contributed by atoms with Crippen LogP contribution in [0.4, 0.5) is 0 Å². The van der Waals surface area contributed by atoms with E-state index in [0.29, 0.717) is 25.9 Å². The molecule has 1 aliphatic rings. The van der Waals surface area contributed by atoms with E-state index < -0.39 is 10.0 Å². The van der Waals surface area contributed by atoms with Crippen molar-refractivity contribution < 1.29 is 13.2 Å². The Kier molecular flexibility index (Phi) is 6.40. The molecule has 5 nitrogen and oxygen atoms in total. The lowest BCUT2D eigenvalue weighted by molar-refractivity contribution is -0.126. The molecule has 0 spiro atoms. The molecule has 6 heteroatoms. The molecule has 134 valence electrons. The van der Waals surface area contributed by atoms with Gasteiger partial charge in [-0.25, -0.2) is 12.7 Å². The molecule has 0 aliphatic carbocycles. The predicted octanol–water partition coefficient (Wildman–Crippen LogP) is 2.49. The smallest absolute Gasteiger partial charge is 0.223 e. The minimum atomic E-state index is -3.14. The van der Waals surface area contributed by atoms with Gasteiger partial charge in [-0.2, -0.15) is 0 Å². The van der Waals surface area contributed by atoms with Gasteiger partial charge < -0.3 is 5.32 Å². The van der Waals surface area contributed by atoms with Crippen LogP contribution in [0.1, 0.15) is 50.8 Å². The van der Waals surface area contributed by atoms with Gasteiger partial charge in [0.05, 0.1) is 11.8 Å². The van der Waals surface area contributed by atoms with Gasteiger partial charge in [0.2, 0.25) is 15.9 Å². The van der Waals surface area contributed by atoms with Crippen molar-refractivity contribution in [1.82, 2.24) is 9.62 Å². The number of rotatable bonds is 6. The average molecular weight is 353 g/mol. The molecule has 0 aromatic heterocycles. The molecule has 0 unspecified atom stereocenters. The lowest BCUT2D eigenvalue weighted by Gasteiger charge is -2.31. The lowest BCUT2D eigenvalue weighted by Crippen LogP contribution is -2.43. The van der Waals surface area contributed by atoms with Crippen LogP contribution >= 0.6 is 0 Å². The molecule has 1 fully saturated rings. The van der Waals surface area contributed by atoms with Gasteiger partial charge in [-0.3, -0.25) is 4.79 Å². The third-order valence-electron chi connectivity index (χ3n) is 4.83. The van der Waals surface area contributed by atoms with Crippen molar-refractivity contribution in [2.24, 2.45) is 5.92 Å². The summed E-state index contributed by atoms with van der Waals surface area (Å²) in [6.07, 6.45) is 2.18. The van der Waals surface area contributed by atoms with Crippen molar-refractivity contribution in [3.63, 3.8) is 0 Å². The maximum absolute atomic E-state index is 12.5. The second-order valence-corrected chi connectivity index (χ2v) is 8.66. The minimum Gasteiger partial charge on any atom is -0.349 e. The fraction of sp³-hybridized carbons (Fsp3) is 0.611. The first-order valence-corrected chi connectivity index (χ1v) is 10.3. The van der Waals surface area contributed by atoms with E-state index in [-0.39, 0.29) is 23.6 Å². The first kappa shape index (κ1) is 18.9. The summed E-state index contributed by atoms with van der Waals surface area (Å²) in [5, 5.41) is 3.06. The van der Waals surface area contributed by atoms with Gasteiger partial charge >= 0.3 is 0 Å². The Morgan fingerprint density at radius 3 is 2.29 bits per heavy atom. The van der Waals surface area contributed by atoms with Crippen LogP contribution in [0.3, 0.4) is 0 Å². The quantitative estimate of drug-likeness (QED) is 0.855. The molecule has 1 aromatic carbocycles. The van der Waals surface area contributed by atoms with E-state index in [0.717, 1.165) is 12.0 Å². The van der Waals surface area contributed by atoms with Crippen LogP contribution in [0.2, 0.25) is 0 Å². The Labute approximate surface area is 145 Å².